The number of carbonyl (C=O) groups is 2. The van der Waals surface area contributed by atoms with Crippen molar-refractivity contribution in [1.82, 2.24) is 4.90 Å². The fourth-order valence-electron chi connectivity index (χ4n) is 4.06. The van der Waals surface area contributed by atoms with Gasteiger partial charge < -0.3 is 23.8 Å². The predicted molar refractivity (Wildman–Crippen MR) is 123 cm³/mol. The standard InChI is InChI=1S/C25H28F2N2O6/c1-25(2,3)35-24(31)29-13-18-19(26)6-5-15(22(18)34-14-29)16-12-21(28-7-9-33-10-8-28)17(11-20(16)27)23(30)32-4/h5-6,11-12H,7-10,13-14H2,1-4H3. The monoisotopic (exact) mass is 490 g/mol. The number of nitrogens with zero attached hydrogens (tertiary/aromatic N) is 2. The first kappa shape index (κ1) is 24.7. The van der Waals surface area contributed by atoms with Crippen LogP contribution in [-0.2, 0) is 20.8 Å². The minimum atomic E-state index is -0.724. The summed E-state index contributed by atoms with van der Waals surface area (Å²) in [5, 5.41) is 0. The third kappa shape index (κ3) is 5.17. The highest BCUT2D eigenvalue weighted by atomic mass is 19.1. The van der Waals surface area contributed by atoms with Gasteiger partial charge in [-0.2, -0.15) is 0 Å². The minimum absolute atomic E-state index is 0.0867. The number of anilines is 1. The van der Waals surface area contributed by atoms with E-state index in [1.54, 1.807) is 26.8 Å². The van der Waals surface area contributed by atoms with Crippen LogP contribution in [0.1, 0.15) is 36.7 Å². The van der Waals surface area contributed by atoms with Crippen LogP contribution >= 0.6 is 0 Å². The van der Waals surface area contributed by atoms with Gasteiger partial charge in [-0.25, -0.2) is 18.4 Å². The molecule has 0 bridgehead atoms. The first-order valence-electron chi connectivity index (χ1n) is 11.3. The number of carbonyl (C=O) groups excluding carboxylic acids is 2. The van der Waals surface area contributed by atoms with E-state index in [9.17, 15) is 14.0 Å². The van der Waals surface area contributed by atoms with Crippen molar-refractivity contribution in [1.29, 1.82) is 0 Å². The normalized spacial score (nSPS) is 15.8. The maximum atomic E-state index is 15.4. The van der Waals surface area contributed by atoms with Crippen molar-refractivity contribution in [2.24, 2.45) is 0 Å². The summed E-state index contributed by atoms with van der Waals surface area (Å²) in [6.07, 6.45) is -0.642. The molecule has 188 valence electrons. The van der Waals surface area contributed by atoms with Crippen molar-refractivity contribution in [3.8, 4) is 16.9 Å². The van der Waals surface area contributed by atoms with Gasteiger partial charge in [-0.15, -0.1) is 0 Å². The van der Waals surface area contributed by atoms with Gasteiger partial charge in [0.25, 0.3) is 0 Å². The van der Waals surface area contributed by atoms with E-state index in [2.05, 4.69) is 0 Å². The number of esters is 1. The van der Waals surface area contributed by atoms with E-state index < -0.39 is 29.3 Å². The first-order chi connectivity index (χ1) is 16.6. The number of fused-ring (bicyclic) bond motifs is 1. The molecule has 0 N–H and O–H groups in total. The number of morpholine rings is 1. The van der Waals surface area contributed by atoms with Crippen LogP contribution in [0.2, 0.25) is 0 Å². The minimum Gasteiger partial charge on any atom is -0.472 e. The highest BCUT2D eigenvalue weighted by molar-refractivity contribution is 5.97. The van der Waals surface area contributed by atoms with Crippen LogP contribution < -0.4 is 9.64 Å². The summed E-state index contributed by atoms with van der Waals surface area (Å²) in [7, 11) is 1.23. The summed E-state index contributed by atoms with van der Waals surface area (Å²) in [4.78, 5) is 28.0. The van der Waals surface area contributed by atoms with Crippen LogP contribution in [0, 0.1) is 11.6 Å². The molecule has 2 aromatic rings. The Balaban J connectivity index is 1.75. The maximum absolute atomic E-state index is 15.4. The molecule has 0 radical (unpaired) electrons. The molecule has 0 unspecified atom stereocenters. The zero-order chi connectivity index (χ0) is 25.3. The second-order valence-corrected chi connectivity index (χ2v) is 9.29. The van der Waals surface area contributed by atoms with Gasteiger partial charge in [0.15, 0.2) is 6.73 Å². The second-order valence-electron chi connectivity index (χ2n) is 9.29. The van der Waals surface area contributed by atoms with Gasteiger partial charge in [-0.1, -0.05) is 0 Å². The van der Waals surface area contributed by atoms with Crippen molar-refractivity contribution < 1.29 is 37.3 Å². The number of hydrogen-bond acceptors (Lipinski definition) is 7. The topological polar surface area (TPSA) is 77.5 Å². The Morgan fingerprint density at radius 1 is 1.03 bits per heavy atom. The molecule has 2 aliphatic rings. The Labute approximate surface area is 202 Å². The van der Waals surface area contributed by atoms with Crippen molar-refractivity contribution in [3.63, 3.8) is 0 Å². The lowest BCUT2D eigenvalue weighted by atomic mass is 9.96. The maximum Gasteiger partial charge on any atom is 0.413 e. The highest BCUT2D eigenvalue weighted by Crippen LogP contribution is 2.41. The number of rotatable bonds is 3. The highest BCUT2D eigenvalue weighted by Gasteiger charge is 2.31. The summed E-state index contributed by atoms with van der Waals surface area (Å²) in [5.74, 6) is -1.80. The summed E-state index contributed by atoms with van der Waals surface area (Å²) < 4.78 is 51.5. The zero-order valence-corrected chi connectivity index (χ0v) is 20.2. The largest absolute Gasteiger partial charge is 0.472 e. The molecule has 0 atom stereocenters. The summed E-state index contributed by atoms with van der Waals surface area (Å²) in [6.45, 7) is 6.86. The third-order valence-corrected chi connectivity index (χ3v) is 5.70. The lowest BCUT2D eigenvalue weighted by molar-refractivity contribution is 0.00198. The quantitative estimate of drug-likeness (QED) is 0.593. The Morgan fingerprint density at radius 3 is 2.40 bits per heavy atom. The molecule has 4 rings (SSSR count). The van der Waals surface area contributed by atoms with Crippen LogP contribution in [0.25, 0.3) is 11.1 Å². The second kappa shape index (κ2) is 9.69. The molecule has 1 amide bonds. The van der Waals surface area contributed by atoms with E-state index in [0.717, 1.165) is 6.07 Å². The van der Waals surface area contributed by atoms with Gasteiger partial charge in [0.2, 0.25) is 0 Å². The smallest absolute Gasteiger partial charge is 0.413 e. The zero-order valence-electron chi connectivity index (χ0n) is 20.2. The number of amides is 1. The van der Waals surface area contributed by atoms with E-state index >= 15 is 4.39 Å². The van der Waals surface area contributed by atoms with E-state index in [0.29, 0.717) is 37.6 Å². The lowest BCUT2D eigenvalue weighted by Crippen LogP contribution is -2.41. The molecule has 0 spiro atoms. The third-order valence-electron chi connectivity index (χ3n) is 5.70. The Morgan fingerprint density at radius 2 is 1.74 bits per heavy atom. The van der Waals surface area contributed by atoms with E-state index in [1.165, 1.54) is 24.1 Å². The van der Waals surface area contributed by atoms with Gasteiger partial charge in [-0.3, -0.25) is 4.90 Å². The summed E-state index contributed by atoms with van der Waals surface area (Å²) in [5.41, 5.74) is 0.418. The molecule has 1 fully saturated rings. The molecule has 0 aliphatic carbocycles. The van der Waals surface area contributed by atoms with Crippen molar-refractivity contribution in [3.05, 3.63) is 47.0 Å². The Kier molecular flexibility index (Phi) is 6.84. The molecule has 8 nitrogen and oxygen atoms in total. The average Bonchev–Trinajstić information content (AvgIpc) is 2.83. The molecule has 2 aliphatic heterocycles. The van der Waals surface area contributed by atoms with E-state index in [-0.39, 0.29) is 35.7 Å². The molecule has 0 aromatic heterocycles. The molecular weight excluding hydrogens is 462 g/mol. The SMILES string of the molecule is COC(=O)c1cc(F)c(-c2ccc(F)c3c2OCN(C(=O)OC(C)(C)C)C3)cc1N1CCOCC1. The molecule has 0 saturated carbocycles. The number of ether oxygens (including phenoxy) is 4. The number of hydrogen-bond donors (Lipinski definition) is 0. The molecule has 10 heteroatoms. The van der Waals surface area contributed by atoms with Gasteiger partial charge in [-0.05, 0) is 45.0 Å². The van der Waals surface area contributed by atoms with Gasteiger partial charge in [0.05, 0.1) is 43.7 Å². The Bertz CT molecular complexity index is 1140. The predicted octanol–water partition coefficient (Wildman–Crippen LogP) is 4.34. The molecule has 35 heavy (non-hydrogen) atoms. The van der Waals surface area contributed by atoms with E-state index in [4.69, 9.17) is 18.9 Å². The van der Waals surface area contributed by atoms with Gasteiger partial charge >= 0.3 is 12.1 Å². The summed E-state index contributed by atoms with van der Waals surface area (Å²) in [6, 6.07) is 5.30. The van der Waals surface area contributed by atoms with Crippen LogP contribution in [0.3, 0.4) is 0 Å². The van der Waals surface area contributed by atoms with Crippen LogP contribution in [0.4, 0.5) is 19.3 Å². The number of benzene rings is 2. The van der Waals surface area contributed by atoms with Gasteiger partial charge in [0.1, 0.15) is 23.0 Å². The first-order valence-corrected chi connectivity index (χ1v) is 11.3. The lowest BCUT2D eigenvalue weighted by Gasteiger charge is -2.33. The van der Waals surface area contributed by atoms with Gasteiger partial charge in [0, 0.05) is 24.2 Å². The molecule has 2 aromatic carbocycles. The fourth-order valence-corrected chi connectivity index (χ4v) is 4.06. The average molecular weight is 491 g/mol. The van der Waals surface area contributed by atoms with Crippen LogP contribution in [0.5, 0.6) is 5.75 Å². The summed E-state index contributed by atoms with van der Waals surface area (Å²) >= 11 is 0. The molecule has 2 heterocycles. The Hall–Kier alpha value is -3.40. The van der Waals surface area contributed by atoms with Crippen LogP contribution in [-0.4, -0.2) is 62.7 Å². The van der Waals surface area contributed by atoms with Crippen molar-refractivity contribution in [2.75, 3.05) is 45.0 Å². The fraction of sp³-hybridized carbons (Fsp3) is 0.440. The molecule has 1 saturated heterocycles. The molecular formula is C25H28F2N2O6. The van der Waals surface area contributed by atoms with Crippen molar-refractivity contribution >= 4 is 17.7 Å². The number of methoxy groups -OCH3 is 1. The van der Waals surface area contributed by atoms with Crippen LogP contribution in [0.15, 0.2) is 24.3 Å². The number of halogens is 2. The van der Waals surface area contributed by atoms with E-state index in [1.807, 2.05) is 4.90 Å². The van der Waals surface area contributed by atoms with Crippen molar-refractivity contribution in [2.45, 2.75) is 32.9 Å².